The van der Waals surface area contributed by atoms with E-state index in [-0.39, 0.29) is 24.0 Å². The molecule has 0 bridgehead atoms. The van der Waals surface area contributed by atoms with Gasteiger partial charge in [-0.3, -0.25) is 4.99 Å². The maximum Gasteiger partial charge on any atom is 0.226 e. The summed E-state index contributed by atoms with van der Waals surface area (Å²) in [6, 6.07) is 15.0. The molecule has 0 saturated heterocycles. The first-order valence-corrected chi connectivity index (χ1v) is 12.0. The van der Waals surface area contributed by atoms with Crippen LogP contribution in [0.4, 0.5) is 0 Å². The summed E-state index contributed by atoms with van der Waals surface area (Å²) in [5.41, 5.74) is 4.10. The van der Waals surface area contributed by atoms with E-state index in [9.17, 15) is 8.42 Å². The summed E-state index contributed by atoms with van der Waals surface area (Å²) in [6.07, 6.45) is 4.37. The molecule has 0 aliphatic carbocycles. The van der Waals surface area contributed by atoms with Crippen LogP contribution in [0.15, 0.2) is 69.1 Å². The van der Waals surface area contributed by atoms with Crippen molar-refractivity contribution in [1.82, 2.24) is 15.6 Å². The molecular weight excluding hydrogens is 539 g/mol. The second-order valence-corrected chi connectivity index (χ2v) is 9.37. The Morgan fingerprint density at radius 3 is 2.22 bits per heavy atom. The fraction of sp³-hybridized carbons (Fsp3) is 0.304. The lowest BCUT2D eigenvalue weighted by atomic mass is 10.1. The third-order valence-electron chi connectivity index (χ3n) is 4.81. The normalized spacial score (nSPS) is 11.7. The number of oxazole rings is 1. The number of aliphatic imine (C=N–C) groups is 1. The Morgan fingerprint density at radius 2 is 1.62 bits per heavy atom. The lowest BCUT2D eigenvalue weighted by Gasteiger charge is -2.11. The number of nitrogens with one attached hydrogen (secondary N) is 2. The Morgan fingerprint density at radius 1 is 1.00 bits per heavy atom. The van der Waals surface area contributed by atoms with Gasteiger partial charge in [0.2, 0.25) is 5.89 Å². The second-order valence-electron chi connectivity index (χ2n) is 7.35. The number of hydrogen-bond acceptors (Lipinski definition) is 5. The average Bonchev–Trinajstić information content (AvgIpc) is 3.22. The number of benzene rings is 2. The van der Waals surface area contributed by atoms with Gasteiger partial charge in [-0.05, 0) is 43.2 Å². The smallest absolute Gasteiger partial charge is 0.226 e. The largest absolute Gasteiger partial charge is 0.444 e. The van der Waals surface area contributed by atoms with Gasteiger partial charge >= 0.3 is 0 Å². The first-order valence-electron chi connectivity index (χ1n) is 10.1. The van der Waals surface area contributed by atoms with Crippen molar-refractivity contribution in [2.75, 3.05) is 26.4 Å². The third kappa shape index (κ3) is 7.63. The highest BCUT2D eigenvalue weighted by Crippen LogP contribution is 2.19. The van der Waals surface area contributed by atoms with Gasteiger partial charge < -0.3 is 15.1 Å². The van der Waals surface area contributed by atoms with E-state index < -0.39 is 9.84 Å². The molecule has 1 aromatic heterocycles. The molecule has 0 aliphatic heterocycles. The molecule has 32 heavy (non-hydrogen) atoms. The number of hydrogen-bond donors (Lipinski definition) is 2. The van der Waals surface area contributed by atoms with Gasteiger partial charge in [0.1, 0.15) is 6.26 Å². The zero-order valence-electron chi connectivity index (χ0n) is 18.5. The van der Waals surface area contributed by atoms with Crippen LogP contribution in [0, 0.1) is 6.92 Å². The Bertz CT molecular complexity index is 1120. The minimum atomic E-state index is -3.16. The number of aryl methyl sites for hydroxylation is 1. The molecule has 0 amide bonds. The van der Waals surface area contributed by atoms with Gasteiger partial charge in [-0.1, -0.05) is 29.8 Å². The van der Waals surface area contributed by atoms with Gasteiger partial charge in [-0.15, -0.1) is 24.0 Å². The first-order chi connectivity index (χ1) is 14.8. The van der Waals surface area contributed by atoms with E-state index in [1.807, 2.05) is 43.3 Å². The first kappa shape index (κ1) is 25.9. The van der Waals surface area contributed by atoms with Crippen molar-refractivity contribution in [1.29, 1.82) is 0 Å². The molecule has 3 aromatic rings. The van der Waals surface area contributed by atoms with Crippen LogP contribution >= 0.6 is 24.0 Å². The molecule has 1 heterocycles. The highest BCUT2D eigenvalue weighted by atomic mass is 127. The van der Waals surface area contributed by atoms with Crippen LogP contribution in [0.3, 0.4) is 0 Å². The van der Waals surface area contributed by atoms with Crippen LogP contribution < -0.4 is 10.6 Å². The maximum absolute atomic E-state index is 11.5. The highest BCUT2D eigenvalue weighted by Gasteiger charge is 2.08. The Balaban J connectivity index is 0.00000363. The van der Waals surface area contributed by atoms with E-state index >= 15 is 0 Å². The van der Waals surface area contributed by atoms with Crippen molar-refractivity contribution < 1.29 is 12.8 Å². The van der Waals surface area contributed by atoms with Crippen LogP contribution in [-0.2, 0) is 22.7 Å². The molecule has 0 radical (unpaired) electrons. The van der Waals surface area contributed by atoms with Gasteiger partial charge in [0, 0.05) is 38.4 Å². The lowest BCUT2D eigenvalue weighted by molar-refractivity contribution is 0.572. The van der Waals surface area contributed by atoms with Gasteiger partial charge in [0.15, 0.2) is 15.8 Å². The molecule has 0 spiro atoms. The summed E-state index contributed by atoms with van der Waals surface area (Å²) in [4.78, 5) is 9.11. The monoisotopic (exact) mass is 568 g/mol. The van der Waals surface area contributed by atoms with Crippen LogP contribution in [0.25, 0.3) is 11.5 Å². The fourth-order valence-corrected chi connectivity index (χ4v) is 3.64. The Kier molecular flexibility index (Phi) is 9.70. The molecule has 0 aliphatic rings. The van der Waals surface area contributed by atoms with Crippen LogP contribution in [0.2, 0.25) is 0 Å². The zero-order chi connectivity index (χ0) is 22.3. The molecule has 2 aromatic carbocycles. The summed E-state index contributed by atoms with van der Waals surface area (Å²) < 4.78 is 28.7. The van der Waals surface area contributed by atoms with E-state index in [2.05, 4.69) is 20.6 Å². The predicted octanol–water partition coefficient (Wildman–Crippen LogP) is 3.62. The van der Waals surface area contributed by atoms with E-state index in [4.69, 9.17) is 4.42 Å². The van der Waals surface area contributed by atoms with Crippen molar-refractivity contribution in [2.45, 2.75) is 24.7 Å². The summed E-state index contributed by atoms with van der Waals surface area (Å²) in [5.74, 6) is 1.33. The van der Waals surface area contributed by atoms with Gasteiger partial charge in [-0.2, -0.15) is 0 Å². The van der Waals surface area contributed by atoms with Crippen molar-refractivity contribution in [3.8, 4) is 11.5 Å². The van der Waals surface area contributed by atoms with Crippen LogP contribution in [0.1, 0.15) is 16.8 Å². The molecule has 172 valence electrons. The molecule has 0 atom stereocenters. The summed E-state index contributed by atoms with van der Waals surface area (Å²) in [7, 11) is -1.44. The lowest BCUT2D eigenvalue weighted by Crippen LogP contribution is -2.39. The fourth-order valence-electron chi connectivity index (χ4n) is 3.01. The maximum atomic E-state index is 11.5. The van der Waals surface area contributed by atoms with E-state index in [0.29, 0.717) is 36.3 Å². The molecular formula is C23H29IN4O3S. The van der Waals surface area contributed by atoms with Gasteiger partial charge in [0.05, 0.1) is 10.6 Å². The number of nitrogens with zero attached hydrogens (tertiary/aromatic N) is 2. The average molecular weight is 568 g/mol. The topological polar surface area (TPSA) is 96.6 Å². The van der Waals surface area contributed by atoms with Crippen LogP contribution in [-0.4, -0.2) is 45.8 Å². The quantitative estimate of drug-likeness (QED) is 0.245. The SMILES string of the molecule is CN=C(NCCc1ccc(S(C)(=O)=O)cc1)NCCc1coc(-c2ccc(C)cc2)n1.I. The number of guanidine groups is 1. The number of aromatic nitrogens is 1. The van der Waals surface area contributed by atoms with E-state index in [1.54, 1.807) is 25.4 Å². The summed E-state index contributed by atoms with van der Waals surface area (Å²) in [6.45, 7) is 3.40. The summed E-state index contributed by atoms with van der Waals surface area (Å²) in [5, 5.41) is 6.53. The van der Waals surface area contributed by atoms with Crippen molar-refractivity contribution >= 4 is 39.8 Å². The highest BCUT2D eigenvalue weighted by molar-refractivity contribution is 14.0. The van der Waals surface area contributed by atoms with Crippen molar-refractivity contribution in [3.63, 3.8) is 0 Å². The summed E-state index contributed by atoms with van der Waals surface area (Å²) >= 11 is 0. The van der Waals surface area contributed by atoms with Crippen LogP contribution in [0.5, 0.6) is 0 Å². The molecule has 0 fully saturated rings. The molecule has 3 rings (SSSR count). The zero-order valence-corrected chi connectivity index (χ0v) is 21.6. The molecule has 0 unspecified atom stereocenters. The van der Waals surface area contributed by atoms with Crippen molar-refractivity contribution in [2.24, 2.45) is 4.99 Å². The molecule has 9 heteroatoms. The minimum absolute atomic E-state index is 0. The molecule has 2 N–H and O–H groups in total. The number of sulfone groups is 1. The van der Waals surface area contributed by atoms with Crippen molar-refractivity contribution in [3.05, 3.63) is 71.6 Å². The Labute approximate surface area is 206 Å². The number of rotatable bonds is 8. The van der Waals surface area contributed by atoms with Gasteiger partial charge in [0.25, 0.3) is 0 Å². The standard InChI is InChI=1S/C23H28N4O3S.HI/c1-17-4-8-19(9-5-17)22-27-20(16-30-22)13-15-26-23(24-2)25-14-12-18-6-10-21(11-7-18)31(3,28)29;/h4-11,16H,12-15H2,1-3H3,(H2,24,25,26);1H. The van der Waals surface area contributed by atoms with E-state index in [1.165, 1.54) is 11.8 Å². The minimum Gasteiger partial charge on any atom is -0.444 e. The predicted molar refractivity (Wildman–Crippen MR) is 138 cm³/mol. The molecule has 0 saturated carbocycles. The van der Waals surface area contributed by atoms with E-state index in [0.717, 1.165) is 23.2 Å². The number of halogens is 1. The van der Waals surface area contributed by atoms with Gasteiger partial charge in [-0.25, -0.2) is 13.4 Å². The third-order valence-corrected chi connectivity index (χ3v) is 5.93. The Hall–Kier alpha value is -2.40. The second kappa shape index (κ2) is 12.0. The molecule has 7 nitrogen and oxygen atoms in total.